The SMILES string of the molecule is O=S(=O)(NCCCN1CCC(CCCc2ccccc2)CC1)c1ccc(-c2ccccc2)cc1. The fraction of sp³-hybridized carbons (Fsp3) is 0.379. The van der Waals surface area contributed by atoms with E-state index in [0.717, 1.165) is 43.1 Å². The van der Waals surface area contributed by atoms with Gasteiger partial charge in [0.2, 0.25) is 10.0 Å². The Balaban J connectivity index is 1.13. The molecule has 0 unspecified atom stereocenters. The fourth-order valence-electron chi connectivity index (χ4n) is 4.79. The van der Waals surface area contributed by atoms with Crippen LogP contribution in [0, 0.1) is 5.92 Å². The normalized spacial score (nSPS) is 15.4. The lowest BCUT2D eigenvalue weighted by atomic mass is 9.90. The van der Waals surface area contributed by atoms with Gasteiger partial charge in [0, 0.05) is 6.54 Å². The molecule has 1 heterocycles. The van der Waals surface area contributed by atoms with Crippen LogP contribution in [0.1, 0.15) is 37.7 Å². The van der Waals surface area contributed by atoms with Gasteiger partial charge >= 0.3 is 0 Å². The summed E-state index contributed by atoms with van der Waals surface area (Å²) in [6.07, 6.45) is 7.10. The van der Waals surface area contributed by atoms with E-state index < -0.39 is 10.0 Å². The zero-order chi connectivity index (χ0) is 23.6. The summed E-state index contributed by atoms with van der Waals surface area (Å²) in [6.45, 7) is 3.68. The van der Waals surface area contributed by atoms with Crippen molar-refractivity contribution in [3.8, 4) is 11.1 Å². The predicted molar refractivity (Wildman–Crippen MR) is 140 cm³/mol. The second-order valence-electron chi connectivity index (χ2n) is 9.30. The lowest BCUT2D eigenvalue weighted by Gasteiger charge is -2.32. The maximum Gasteiger partial charge on any atom is 0.240 e. The average molecular weight is 477 g/mol. The number of nitrogens with zero attached hydrogens (tertiary/aromatic N) is 1. The highest BCUT2D eigenvalue weighted by Crippen LogP contribution is 2.23. The fourth-order valence-corrected chi connectivity index (χ4v) is 5.86. The van der Waals surface area contributed by atoms with E-state index in [-0.39, 0.29) is 0 Å². The minimum Gasteiger partial charge on any atom is -0.303 e. The molecule has 0 bridgehead atoms. The van der Waals surface area contributed by atoms with Gasteiger partial charge in [-0.25, -0.2) is 13.1 Å². The first-order chi connectivity index (χ1) is 16.6. The van der Waals surface area contributed by atoms with Crippen molar-refractivity contribution in [2.45, 2.75) is 43.4 Å². The molecule has 1 aliphatic rings. The summed E-state index contributed by atoms with van der Waals surface area (Å²) in [5, 5.41) is 0. The molecule has 0 atom stereocenters. The van der Waals surface area contributed by atoms with Gasteiger partial charge < -0.3 is 4.90 Å². The van der Waals surface area contributed by atoms with Crippen LogP contribution in [0.2, 0.25) is 0 Å². The highest BCUT2D eigenvalue weighted by Gasteiger charge is 2.19. The summed E-state index contributed by atoms with van der Waals surface area (Å²) in [5.41, 5.74) is 3.54. The van der Waals surface area contributed by atoms with E-state index in [1.165, 1.54) is 37.7 Å². The van der Waals surface area contributed by atoms with Crippen molar-refractivity contribution in [2.24, 2.45) is 5.92 Å². The first-order valence-corrected chi connectivity index (χ1v) is 14.0. The van der Waals surface area contributed by atoms with Crippen LogP contribution in [-0.4, -0.2) is 39.5 Å². The quantitative estimate of drug-likeness (QED) is 0.358. The van der Waals surface area contributed by atoms with Crippen molar-refractivity contribution < 1.29 is 8.42 Å². The molecule has 1 fully saturated rings. The minimum absolute atomic E-state index is 0.323. The molecule has 1 aliphatic heterocycles. The molecular weight excluding hydrogens is 440 g/mol. The summed E-state index contributed by atoms with van der Waals surface area (Å²) in [6, 6.07) is 27.9. The summed E-state index contributed by atoms with van der Waals surface area (Å²) >= 11 is 0. The molecule has 0 spiro atoms. The number of rotatable bonds is 11. The molecule has 0 aliphatic carbocycles. The van der Waals surface area contributed by atoms with E-state index in [4.69, 9.17) is 0 Å². The predicted octanol–water partition coefficient (Wildman–Crippen LogP) is 5.76. The summed E-state index contributed by atoms with van der Waals surface area (Å²) in [5.74, 6) is 0.831. The Morgan fingerprint density at radius 3 is 2.06 bits per heavy atom. The molecule has 180 valence electrons. The van der Waals surface area contributed by atoms with Crippen molar-refractivity contribution in [1.82, 2.24) is 9.62 Å². The average Bonchev–Trinajstić information content (AvgIpc) is 2.89. The highest BCUT2D eigenvalue weighted by atomic mass is 32.2. The van der Waals surface area contributed by atoms with Gasteiger partial charge in [-0.3, -0.25) is 0 Å². The van der Waals surface area contributed by atoms with Crippen molar-refractivity contribution in [2.75, 3.05) is 26.2 Å². The van der Waals surface area contributed by atoms with Crippen LogP contribution < -0.4 is 4.72 Å². The molecule has 4 rings (SSSR count). The van der Waals surface area contributed by atoms with Crippen LogP contribution >= 0.6 is 0 Å². The second kappa shape index (κ2) is 12.3. The number of sulfonamides is 1. The monoisotopic (exact) mass is 476 g/mol. The van der Waals surface area contributed by atoms with Gasteiger partial charge in [0.05, 0.1) is 4.90 Å². The van der Waals surface area contributed by atoms with E-state index in [1.807, 2.05) is 42.5 Å². The van der Waals surface area contributed by atoms with Crippen molar-refractivity contribution in [3.05, 3.63) is 90.5 Å². The molecule has 1 N–H and O–H groups in total. The lowest BCUT2D eigenvalue weighted by molar-refractivity contribution is 0.176. The minimum atomic E-state index is -3.47. The Morgan fingerprint density at radius 2 is 1.38 bits per heavy atom. The van der Waals surface area contributed by atoms with E-state index in [0.29, 0.717) is 11.4 Å². The molecule has 3 aromatic rings. The number of nitrogens with one attached hydrogen (secondary N) is 1. The highest BCUT2D eigenvalue weighted by molar-refractivity contribution is 7.89. The van der Waals surface area contributed by atoms with Crippen LogP contribution in [-0.2, 0) is 16.4 Å². The van der Waals surface area contributed by atoms with Crippen molar-refractivity contribution in [3.63, 3.8) is 0 Å². The molecule has 0 saturated carbocycles. The standard InChI is InChI=1S/C29H36N2O2S/c32-34(33,29-17-15-28(16-18-29)27-13-5-2-6-14-27)30-21-8-22-31-23-19-26(20-24-31)12-7-11-25-9-3-1-4-10-25/h1-6,9-10,13-18,26,30H,7-8,11-12,19-24H2. The van der Waals surface area contributed by atoms with E-state index >= 15 is 0 Å². The summed E-state index contributed by atoms with van der Waals surface area (Å²) in [7, 11) is -3.47. The van der Waals surface area contributed by atoms with Crippen LogP contribution in [0.3, 0.4) is 0 Å². The molecule has 5 heteroatoms. The van der Waals surface area contributed by atoms with Crippen molar-refractivity contribution >= 4 is 10.0 Å². The Labute approximate surface area is 205 Å². The van der Waals surface area contributed by atoms with Gasteiger partial charge in [-0.1, -0.05) is 79.2 Å². The molecule has 1 saturated heterocycles. The Morgan fingerprint density at radius 1 is 0.765 bits per heavy atom. The van der Waals surface area contributed by atoms with Gasteiger partial charge in [-0.05, 0) is 86.5 Å². The smallest absolute Gasteiger partial charge is 0.240 e. The molecule has 3 aromatic carbocycles. The molecule has 4 nitrogen and oxygen atoms in total. The number of benzene rings is 3. The number of piperidine rings is 1. The number of hydrogen-bond acceptors (Lipinski definition) is 3. The third-order valence-corrected chi connectivity index (χ3v) is 8.32. The maximum atomic E-state index is 12.7. The van der Waals surface area contributed by atoms with Crippen LogP contribution in [0.4, 0.5) is 0 Å². The van der Waals surface area contributed by atoms with Crippen LogP contribution in [0.5, 0.6) is 0 Å². The Bertz CT molecular complexity index is 1090. The maximum absolute atomic E-state index is 12.7. The topological polar surface area (TPSA) is 49.4 Å². The first kappa shape index (κ1) is 24.6. The first-order valence-electron chi connectivity index (χ1n) is 12.5. The van der Waals surface area contributed by atoms with Crippen LogP contribution in [0.15, 0.2) is 89.8 Å². The Hall–Kier alpha value is -2.47. The molecule has 0 aromatic heterocycles. The van der Waals surface area contributed by atoms with E-state index in [2.05, 4.69) is 40.0 Å². The largest absolute Gasteiger partial charge is 0.303 e. The lowest BCUT2D eigenvalue weighted by Crippen LogP contribution is -2.36. The number of hydrogen-bond donors (Lipinski definition) is 1. The zero-order valence-corrected chi connectivity index (χ0v) is 20.7. The van der Waals surface area contributed by atoms with Gasteiger partial charge in [-0.2, -0.15) is 0 Å². The van der Waals surface area contributed by atoms with Crippen molar-refractivity contribution in [1.29, 1.82) is 0 Å². The van der Waals surface area contributed by atoms with Gasteiger partial charge in [0.15, 0.2) is 0 Å². The van der Waals surface area contributed by atoms with Crippen LogP contribution in [0.25, 0.3) is 11.1 Å². The second-order valence-corrected chi connectivity index (χ2v) is 11.1. The van der Waals surface area contributed by atoms with Gasteiger partial charge in [0.25, 0.3) is 0 Å². The third kappa shape index (κ3) is 7.26. The number of aryl methyl sites for hydroxylation is 1. The molecule has 34 heavy (non-hydrogen) atoms. The summed E-state index contributed by atoms with van der Waals surface area (Å²) < 4.78 is 28.1. The zero-order valence-electron chi connectivity index (χ0n) is 19.9. The Kier molecular flexibility index (Phi) is 8.91. The van der Waals surface area contributed by atoms with E-state index in [1.54, 1.807) is 12.1 Å². The third-order valence-electron chi connectivity index (χ3n) is 6.84. The number of likely N-dealkylation sites (tertiary alicyclic amines) is 1. The summed E-state index contributed by atoms with van der Waals surface area (Å²) in [4.78, 5) is 2.81. The van der Waals surface area contributed by atoms with Gasteiger partial charge in [0.1, 0.15) is 0 Å². The van der Waals surface area contributed by atoms with E-state index in [9.17, 15) is 8.42 Å². The van der Waals surface area contributed by atoms with Gasteiger partial charge in [-0.15, -0.1) is 0 Å². The molecule has 0 amide bonds. The molecular formula is C29H36N2O2S. The molecule has 0 radical (unpaired) electrons.